The molecule has 0 saturated carbocycles. The molecular weight excluding hydrogens is 362 g/mol. The van der Waals surface area contributed by atoms with Crippen molar-refractivity contribution in [3.63, 3.8) is 0 Å². The van der Waals surface area contributed by atoms with E-state index in [1.807, 2.05) is 0 Å². The largest absolute Gasteiger partial charge is 0.463 e. The van der Waals surface area contributed by atoms with E-state index in [2.05, 4.69) is 4.74 Å². The topological polar surface area (TPSA) is 86.1 Å². The van der Waals surface area contributed by atoms with Crippen LogP contribution >= 0.6 is 11.6 Å². The number of hydrogen-bond donors (Lipinski definition) is 0. The molecule has 0 radical (unpaired) electrons. The maximum Gasteiger partial charge on any atom is 0.374 e. The fourth-order valence-corrected chi connectivity index (χ4v) is 2.91. The number of furan rings is 1. The third-order valence-electron chi connectivity index (χ3n) is 4.02. The lowest BCUT2D eigenvalue weighted by molar-refractivity contribution is -0.117. The van der Waals surface area contributed by atoms with Crippen LogP contribution in [0.4, 0.5) is 5.69 Å². The summed E-state index contributed by atoms with van der Waals surface area (Å²) in [5, 5.41) is 0.416. The van der Waals surface area contributed by atoms with Gasteiger partial charge in [0.05, 0.1) is 24.6 Å². The summed E-state index contributed by atoms with van der Waals surface area (Å²) in [7, 11) is 1.23. The Bertz CT molecular complexity index is 859. The van der Waals surface area contributed by atoms with Crippen LogP contribution in [0.15, 0.2) is 34.9 Å². The second-order valence-electron chi connectivity index (χ2n) is 5.65. The first-order chi connectivity index (χ1) is 12.5. The standard InChI is InChI=1S/C18H16ClNO6/c1-24-18(23)16-11(6-8-25-16)10-26-17(22)13-5-4-12(19)9-14(13)20-7-2-3-15(20)21/h4-6,8-9H,2-3,7,10H2,1H3. The average molecular weight is 378 g/mol. The molecule has 136 valence electrons. The van der Waals surface area contributed by atoms with Gasteiger partial charge in [-0.2, -0.15) is 0 Å². The minimum Gasteiger partial charge on any atom is -0.463 e. The van der Waals surface area contributed by atoms with Crippen LogP contribution in [0, 0.1) is 0 Å². The number of halogens is 1. The van der Waals surface area contributed by atoms with Crippen molar-refractivity contribution in [3.8, 4) is 0 Å². The highest BCUT2D eigenvalue weighted by Crippen LogP contribution is 2.29. The van der Waals surface area contributed by atoms with Crippen LogP contribution in [0.1, 0.15) is 39.3 Å². The number of ether oxygens (including phenoxy) is 2. The first-order valence-electron chi connectivity index (χ1n) is 7.93. The molecule has 1 aromatic heterocycles. The molecule has 2 heterocycles. The van der Waals surface area contributed by atoms with Gasteiger partial charge in [0.1, 0.15) is 6.61 Å². The molecule has 1 aromatic carbocycles. The Morgan fingerprint density at radius 1 is 1.27 bits per heavy atom. The molecule has 0 bridgehead atoms. The van der Waals surface area contributed by atoms with Crippen molar-refractivity contribution in [2.45, 2.75) is 19.4 Å². The zero-order valence-corrected chi connectivity index (χ0v) is 14.7. The molecule has 3 rings (SSSR count). The number of anilines is 1. The zero-order chi connectivity index (χ0) is 18.7. The van der Waals surface area contributed by atoms with E-state index >= 15 is 0 Å². The minimum absolute atomic E-state index is 0.0219. The van der Waals surface area contributed by atoms with Gasteiger partial charge >= 0.3 is 11.9 Å². The molecule has 1 fully saturated rings. The molecule has 0 aliphatic carbocycles. The molecular formula is C18H16ClNO6. The molecule has 1 aliphatic heterocycles. The van der Waals surface area contributed by atoms with E-state index in [-0.39, 0.29) is 23.8 Å². The van der Waals surface area contributed by atoms with Gasteiger partial charge in [0.25, 0.3) is 0 Å². The number of esters is 2. The molecule has 0 spiro atoms. The Morgan fingerprint density at radius 3 is 2.77 bits per heavy atom. The fourth-order valence-electron chi connectivity index (χ4n) is 2.75. The van der Waals surface area contributed by atoms with Gasteiger partial charge in [-0.15, -0.1) is 0 Å². The molecule has 7 nitrogen and oxygen atoms in total. The number of methoxy groups -OCH3 is 1. The van der Waals surface area contributed by atoms with Crippen LogP contribution in [0.3, 0.4) is 0 Å². The third kappa shape index (κ3) is 3.57. The van der Waals surface area contributed by atoms with Crippen LogP contribution in [-0.2, 0) is 20.9 Å². The number of hydrogen-bond acceptors (Lipinski definition) is 6. The van der Waals surface area contributed by atoms with E-state index < -0.39 is 11.9 Å². The highest BCUT2D eigenvalue weighted by Gasteiger charge is 2.27. The van der Waals surface area contributed by atoms with Crippen molar-refractivity contribution < 1.29 is 28.3 Å². The third-order valence-corrected chi connectivity index (χ3v) is 4.26. The van der Waals surface area contributed by atoms with Gasteiger partial charge < -0.3 is 18.8 Å². The Hall–Kier alpha value is -2.80. The number of benzene rings is 1. The predicted molar refractivity (Wildman–Crippen MR) is 92.2 cm³/mol. The lowest BCUT2D eigenvalue weighted by atomic mass is 10.1. The molecule has 1 saturated heterocycles. The molecule has 0 unspecified atom stereocenters. The maximum atomic E-state index is 12.5. The first-order valence-corrected chi connectivity index (χ1v) is 8.30. The van der Waals surface area contributed by atoms with Crippen molar-refractivity contribution in [3.05, 3.63) is 52.4 Å². The number of rotatable bonds is 5. The minimum atomic E-state index is -0.657. The van der Waals surface area contributed by atoms with E-state index in [9.17, 15) is 14.4 Å². The normalized spacial score (nSPS) is 13.8. The SMILES string of the molecule is COC(=O)c1occc1COC(=O)c1ccc(Cl)cc1N1CCCC1=O. The average Bonchev–Trinajstić information content (AvgIpc) is 3.27. The number of carbonyl (C=O) groups excluding carboxylic acids is 3. The van der Waals surface area contributed by atoms with E-state index in [1.165, 1.54) is 30.4 Å². The van der Waals surface area contributed by atoms with Crippen molar-refractivity contribution in [1.29, 1.82) is 0 Å². The molecule has 0 atom stereocenters. The summed E-state index contributed by atoms with van der Waals surface area (Å²) in [6.45, 7) is 0.351. The molecule has 1 aliphatic rings. The Balaban J connectivity index is 1.79. The van der Waals surface area contributed by atoms with Crippen molar-refractivity contribution in [1.82, 2.24) is 0 Å². The first kappa shape index (κ1) is 18.0. The zero-order valence-electron chi connectivity index (χ0n) is 14.0. The van der Waals surface area contributed by atoms with Gasteiger partial charge in [-0.1, -0.05) is 11.6 Å². The van der Waals surface area contributed by atoms with Gasteiger partial charge in [0.15, 0.2) is 0 Å². The Labute approximate surface area is 154 Å². The smallest absolute Gasteiger partial charge is 0.374 e. The number of carbonyl (C=O) groups is 3. The summed E-state index contributed by atoms with van der Waals surface area (Å²) in [5.74, 6) is -1.38. The van der Waals surface area contributed by atoms with Crippen LogP contribution < -0.4 is 4.90 Å². The summed E-state index contributed by atoms with van der Waals surface area (Å²) in [6, 6.07) is 6.16. The van der Waals surface area contributed by atoms with Crippen LogP contribution in [0.5, 0.6) is 0 Å². The summed E-state index contributed by atoms with van der Waals surface area (Å²) < 4.78 is 15.0. The summed E-state index contributed by atoms with van der Waals surface area (Å²) in [6.07, 6.45) is 2.46. The van der Waals surface area contributed by atoms with Gasteiger partial charge in [0, 0.05) is 23.6 Å². The highest BCUT2D eigenvalue weighted by molar-refractivity contribution is 6.31. The molecule has 0 N–H and O–H groups in total. The predicted octanol–water partition coefficient (Wildman–Crippen LogP) is 3.20. The lowest BCUT2D eigenvalue weighted by Gasteiger charge is -2.19. The van der Waals surface area contributed by atoms with E-state index in [1.54, 1.807) is 12.1 Å². The summed E-state index contributed by atoms with van der Waals surface area (Å²) >= 11 is 6.02. The van der Waals surface area contributed by atoms with Crippen molar-refractivity contribution in [2.24, 2.45) is 0 Å². The van der Waals surface area contributed by atoms with Gasteiger partial charge in [0.2, 0.25) is 11.7 Å². The Morgan fingerprint density at radius 2 is 2.08 bits per heavy atom. The van der Waals surface area contributed by atoms with Crippen LogP contribution in [0.25, 0.3) is 0 Å². The molecule has 1 amide bonds. The Kier molecular flexibility index (Phi) is 5.27. The summed E-state index contributed by atoms with van der Waals surface area (Å²) in [4.78, 5) is 37.7. The van der Waals surface area contributed by atoms with E-state index in [0.717, 1.165) is 6.42 Å². The summed E-state index contributed by atoms with van der Waals surface area (Å²) in [5.41, 5.74) is 1.04. The van der Waals surface area contributed by atoms with Crippen LogP contribution in [0.2, 0.25) is 5.02 Å². The highest BCUT2D eigenvalue weighted by atomic mass is 35.5. The molecule has 26 heavy (non-hydrogen) atoms. The van der Waals surface area contributed by atoms with E-state index in [0.29, 0.717) is 29.2 Å². The second kappa shape index (κ2) is 7.61. The maximum absolute atomic E-state index is 12.5. The molecule has 2 aromatic rings. The van der Waals surface area contributed by atoms with Crippen molar-refractivity contribution >= 4 is 35.1 Å². The monoisotopic (exact) mass is 377 g/mol. The van der Waals surface area contributed by atoms with E-state index in [4.69, 9.17) is 20.8 Å². The number of nitrogens with zero attached hydrogens (tertiary/aromatic N) is 1. The quantitative estimate of drug-likeness (QED) is 0.744. The second-order valence-corrected chi connectivity index (χ2v) is 6.09. The van der Waals surface area contributed by atoms with Crippen LogP contribution in [-0.4, -0.2) is 31.5 Å². The van der Waals surface area contributed by atoms with Gasteiger partial charge in [-0.25, -0.2) is 9.59 Å². The van der Waals surface area contributed by atoms with Gasteiger partial charge in [-0.3, -0.25) is 4.79 Å². The molecule has 8 heteroatoms. The van der Waals surface area contributed by atoms with Gasteiger partial charge in [-0.05, 0) is 30.7 Å². The number of amides is 1. The van der Waals surface area contributed by atoms with Crippen molar-refractivity contribution in [2.75, 3.05) is 18.6 Å². The lowest BCUT2D eigenvalue weighted by Crippen LogP contribution is -2.26. The fraction of sp³-hybridized carbons (Fsp3) is 0.278.